The molecule has 2 amide bonds. The molecule has 4 aromatic rings. The molecule has 1 atom stereocenters. The number of amides is 2. The fraction of sp³-hybridized carbons (Fsp3) is 0.0800. The molecule has 0 aliphatic carbocycles. The number of halogens is 1. The lowest BCUT2D eigenvalue weighted by Gasteiger charge is -2.17. The molecule has 0 saturated carbocycles. The lowest BCUT2D eigenvalue weighted by Crippen LogP contribution is -2.19. The van der Waals surface area contributed by atoms with Gasteiger partial charge in [-0.25, -0.2) is 4.98 Å². The predicted octanol–water partition coefficient (Wildman–Crippen LogP) is 6.45. The van der Waals surface area contributed by atoms with E-state index in [9.17, 15) is 9.59 Å². The van der Waals surface area contributed by atoms with Gasteiger partial charge in [-0.05, 0) is 41.5 Å². The van der Waals surface area contributed by atoms with Crippen LogP contribution in [-0.2, 0) is 16.0 Å². The van der Waals surface area contributed by atoms with Gasteiger partial charge in [-0.1, -0.05) is 60.1 Å². The van der Waals surface area contributed by atoms with E-state index in [1.165, 1.54) is 23.1 Å². The summed E-state index contributed by atoms with van der Waals surface area (Å²) in [5.41, 5.74) is 2.44. The van der Waals surface area contributed by atoms with Crippen LogP contribution < -0.4 is 10.6 Å². The maximum Gasteiger partial charge on any atom is 0.244 e. The summed E-state index contributed by atoms with van der Waals surface area (Å²) in [6.45, 7) is 0. The van der Waals surface area contributed by atoms with E-state index in [1.54, 1.807) is 18.3 Å². The van der Waals surface area contributed by atoms with Gasteiger partial charge in [-0.3, -0.25) is 9.59 Å². The molecule has 0 aliphatic rings. The first kappa shape index (κ1) is 23.0. The maximum atomic E-state index is 13.1. The Kier molecular flexibility index (Phi) is 7.78. The number of thioether (sulfide) groups is 1. The lowest BCUT2D eigenvalue weighted by molar-refractivity contribution is -0.116. The second-order valence-electron chi connectivity index (χ2n) is 7.11. The van der Waals surface area contributed by atoms with E-state index in [4.69, 9.17) is 11.6 Å². The van der Waals surface area contributed by atoms with Crippen LogP contribution in [0.1, 0.15) is 16.4 Å². The zero-order chi connectivity index (χ0) is 23.0. The van der Waals surface area contributed by atoms with Crippen LogP contribution in [0.2, 0.25) is 5.02 Å². The minimum Gasteiger partial charge on any atom is -0.326 e. The van der Waals surface area contributed by atoms with Gasteiger partial charge in [0.25, 0.3) is 0 Å². The number of thiazole rings is 1. The van der Waals surface area contributed by atoms with Gasteiger partial charge in [0.15, 0.2) is 5.13 Å². The number of carbonyl (C=O) groups excluding carboxylic acids is 2. The SMILES string of the molecule is O=C(Cc1ccc(Cl)cc1)Nc1cccc(SC(C(=O)Nc2nccs2)c2ccccc2)c1. The van der Waals surface area contributed by atoms with E-state index in [0.717, 1.165) is 16.0 Å². The summed E-state index contributed by atoms with van der Waals surface area (Å²) in [6, 6.07) is 24.3. The summed E-state index contributed by atoms with van der Waals surface area (Å²) in [5.74, 6) is -0.279. The number of anilines is 2. The van der Waals surface area contributed by atoms with E-state index in [0.29, 0.717) is 15.8 Å². The number of rotatable bonds is 8. The molecule has 2 N–H and O–H groups in total. The van der Waals surface area contributed by atoms with Crippen molar-refractivity contribution in [3.8, 4) is 0 Å². The number of aromatic nitrogens is 1. The molecule has 0 radical (unpaired) electrons. The zero-order valence-corrected chi connectivity index (χ0v) is 19.8. The average Bonchev–Trinajstić information content (AvgIpc) is 3.33. The van der Waals surface area contributed by atoms with Crippen molar-refractivity contribution in [2.45, 2.75) is 16.6 Å². The van der Waals surface area contributed by atoms with Crippen molar-refractivity contribution in [2.75, 3.05) is 10.6 Å². The molecule has 0 fully saturated rings. The second kappa shape index (κ2) is 11.1. The van der Waals surface area contributed by atoms with Gasteiger partial charge in [-0.2, -0.15) is 0 Å². The molecule has 1 heterocycles. The Hall–Kier alpha value is -3.13. The number of hydrogen-bond acceptors (Lipinski definition) is 5. The highest BCUT2D eigenvalue weighted by atomic mass is 35.5. The first-order valence-corrected chi connectivity index (χ1v) is 12.3. The van der Waals surface area contributed by atoms with Crippen LogP contribution in [0.4, 0.5) is 10.8 Å². The summed E-state index contributed by atoms with van der Waals surface area (Å²) in [6.07, 6.45) is 1.90. The van der Waals surface area contributed by atoms with Crippen molar-refractivity contribution in [1.29, 1.82) is 0 Å². The predicted molar refractivity (Wildman–Crippen MR) is 136 cm³/mol. The molecule has 1 aromatic heterocycles. The fourth-order valence-corrected chi connectivity index (χ4v) is 4.87. The lowest BCUT2D eigenvalue weighted by atomic mass is 10.1. The summed E-state index contributed by atoms with van der Waals surface area (Å²) in [4.78, 5) is 30.6. The molecule has 1 unspecified atom stereocenters. The summed E-state index contributed by atoms with van der Waals surface area (Å²) < 4.78 is 0. The molecule has 0 aliphatic heterocycles. The van der Waals surface area contributed by atoms with Crippen LogP contribution in [-0.4, -0.2) is 16.8 Å². The van der Waals surface area contributed by atoms with E-state index in [2.05, 4.69) is 15.6 Å². The molecule has 33 heavy (non-hydrogen) atoms. The Bertz CT molecular complexity index is 1220. The van der Waals surface area contributed by atoms with Crippen molar-refractivity contribution in [1.82, 2.24) is 4.98 Å². The van der Waals surface area contributed by atoms with Gasteiger partial charge in [0.05, 0.1) is 6.42 Å². The largest absolute Gasteiger partial charge is 0.326 e. The van der Waals surface area contributed by atoms with E-state index < -0.39 is 5.25 Å². The number of carbonyl (C=O) groups is 2. The van der Waals surface area contributed by atoms with Crippen LogP contribution in [0.15, 0.2) is 95.3 Å². The van der Waals surface area contributed by atoms with Gasteiger partial charge < -0.3 is 10.6 Å². The number of nitrogens with one attached hydrogen (secondary N) is 2. The average molecular weight is 494 g/mol. The van der Waals surface area contributed by atoms with E-state index >= 15 is 0 Å². The van der Waals surface area contributed by atoms with Gasteiger partial charge in [-0.15, -0.1) is 23.1 Å². The molecule has 3 aromatic carbocycles. The summed E-state index contributed by atoms with van der Waals surface area (Å²) >= 11 is 8.70. The fourth-order valence-electron chi connectivity index (χ4n) is 3.13. The Balaban J connectivity index is 1.47. The van der Waals surface area contributed by atoms with Crippen molar-refractivity contribution in [3.05, 3.63) is 107 Å². The Morgan fingerprint density at radius 1 is 0.970 bits per heavy atom. The third-order valence-corrected chi connectivity index (χ3v) is 6.84. The van der Waals surface area contributed by atoms with Crippen LogP contribution >= 0.6 is 34.7 Å². The molecule has 166 valence electrons. The van der Waals surface area contributed by atoms with Crippen molar-refractivity contribution < 1.29 is 9.59 Å². The third kappa shape index (κ3) is 6.68. The first-order valence-electron chi connectivity index (χ1n) is 10.1. The highest BCUT2D eigenvalue weighted by Crippen LogP contribution is 2.37. The van der Waals surface area contributed by atoms with Crippen molar-refractivity contribution in [3.63, 3.8) is 0 Å². The highest BCUT2D eigenvalue weighted by molar-refractivity contribution is 8.00. The van der Waals surface area contributed by atoms with Crippen LogP contribution in [0, 0.1) is 0 Å². The van der Waals surface area contributed by atoms with Gasteiger partial charge in [0.2, 0.25) is 11.8 Å². The summed E-state index contributed by atoms with van der Waals surface area (Å²) in [5, 5.41) is 8.35. The molecular weight excluding hydrogens is 474 g/mol. The van der Waals surface area contributed by atoms with Gasteiger partial charge in [0, 0.05) is 27.2 Å². The minimum atomic E-state index is -0.477. The number of hydrogen-bond donors (Lipinski definition) is 2. The molecular formula is C25H20ClN3O2S2. The van der Waals surface area contributed by atoms with Crippen LogP contribution in [0.3, 0.4) is 0 Å². The Morgan fingerprint density at radius 2 is 1.76 bits per heavy atom. The number of nitrogens with zero attached hydrogens (tertiary/aromatic N) is 1. The summed E-state index contributed by atoms with van der Waals surface area (Å²) in [7, 11) is 0. The van der Waals surface area contributed by atoms with Gasteiger partial charge in [0.1, 0.15) is 5.25 Å². The molecule has 0 spiro atoms. The normalized spacial score (nSPS) is 11.5. The number of benzene rings is 3. The third-order valence-electron chi connectivity index (χ3n) is 4.65. The minimum absolute atomic E-state index is 0.124. The molecule has 8 heteroatoms. The van der Waals surface area contributed by atoms with Crippen molar-refractivity contribution in [2.24, 2.45) is 0 Å². The van der Waals surface area contributed by atoms with Gasteiger partial charge >= 0.3 is 0 Å². The molecule has 0 saturated heterocycles. The first-order chi connectivity index (χ1) is 16.1. The quantitative estimate of drug-likeness (QED) is 0.277. The topological polar surface area (TPSA) is 71.1 Å². The zero-order valence-electron chi connectivity index (χ0n) is 17.4. The van der Waals surface area contributed by atoms with Crippen LogP contribution in [0.25, 0.3) is 0 Å². The molecule has 5 nitrogen and oxygen atoms in total. The smallest absolute Gasteiger partial charge is 0.244 e. The monoisotopic (exact) mass is 493 g/mol. The molecule has 0 bridgehead atoms. The van der Waals surface area contributed by atoms with E-state index in [-0.39, 0.29) is 18.2 Å². The Morgan fingerprint density at radius 3 is 2.48 bits per heavy atom. The standard InChI is InChI=1S/C25H20ClN3O2S2/c26-19-11-9-17(10-12-19)15-22(30)28-20-7-4-8-21(16-20)33-23(18-5-2-1-3-6-18)24(31)29-25-27-13-14-32-25/h1-14,16,23H,15H2,(H,28,30)(H,27,29,31). The maximum absolute atomic E-state index is 13.1. The highest BCUT2D eigenvalue weighted by Gasteiger charge is 2.23. The second-order valence-corrected chi connectivity index (χ2v) is 9.62. The Labute approximate surface area is 205 Å². The van der Waals surface area contributed by atoms with Crippen molar-refractivity contribution >= 4 is 57.3 Å². The van der Waals surface area contributed by atoms with Crippen LogP contribution in [0.5, 0.6) is 0 Å². The molecule has 4 rings (SSSR count). The van der Waals surface area contributed by atoms with E-state index in [1.807, 2.05) is 72.1 Å².